The van der Waals surface area contributed by atoms with E-state index < -0.39 is 6.10 Å². The van der Waals surface area contributed by atoms with Crippen LogP contribution in [-0.2, 0) is 9.53 Å². The molecule has 1 aliphatic carbocycles. The van der Waals surface area contributed by atoms with Gasteiger partial charge in [-0.25, -0.2) is 0 Å². The van der Waals surface area contributed by atoms with Crippen LogP contribution in [0.3, 0.4) is 0 Å². The number of aliphatic hydroxyl groups is 1. The number of thioether (sulfide) groups is 1. The van der Waals surface area contributed by atoms with Crippen LogP contribution >= 0.6 is 24.0 Å². The van der Waals surface area contributed by atoms with E-state index in [1.807, 2.05) is 24.3 Å². The van der Waals surface area contributed by atoms with Gasteiger partial charge in [0.05, 0.1) is 10.3 Å². The van der Waals surface area contributed by atoms with E-state index in [-0.39, 0.29) is 30.0 Å². The fourth-order valence-electron chi connectivity index (χ4n) is 2.97. The molecular formula is C22H22O3S2. The maximum atomic E-state index is 11.2. The van der Waals surface area contributed by atoms with Crippen molar-refractivity contribution in [1.82, 2.24) is 0 Å². The number of thiocarbonyl (C=S) groups is 1. The molecule has 1 N–H and O–H groups in total. The zero-order valence-electron chi connectivity index (χ0n) is 14.9. The van der Waals surface area contributed by atoms with Crippen LogP contribution in [0.25, 0.3) is 5.57 Å². The van der Waals surface area contributed by atoms with Crippen molar-refractivity contribution < 1.29 is 14.6 Å². The lowest BCUT2D eigenvalue weighted by molar-refractivity contribution is -0.115. The SMILES string of the molecule is C=CC(=O)CCC(O)COC1=CC2SC(=S)C(c3ccccc3)=CC2C=C1. The van der Waals surface area contributed by atoms with E-state index in [1.54, 1.807) is 11.8 Å². The summed E-state index contributed by atoms with van der Waals surface area (Å²) in [6.07, 6.45) is 9.59. The molecule has 5 heteroatoms. The van der Waals surface area contributed by atoms with Crippen LogP contribution in [0.2, 0.25) is 0 Å². The first-order valence-corrected chi connectivity index (χ1v) is 10.2. The zero-order chi connectivity index (χ0) is 19.2. The predicted molar refractivity (Wildman–Crippen MR) is 116 cm³/mol. The zero-order valence-corrected chi connectivity index (χ0v) is 16.5. The average molecular weight is 399 g/mol. The number of allylic oxidation sites excluding steroid dienone is 4. The predicted octanol–water partition coefficient (Wildman–Crippen LogP) is 4.50. The molecule has 0 radical (unpaired) electrons. The third-order valence-electron chi connectivity index (χ3n) is 4.49. The standard InChI is InChI=1S/C22H22O3S2/c1-2-17(23)9-10-18(24)14-25-19-11-8-16-12-20(15-6-4-3-5-7-15)22(26)27-21(16)13-19/h2-8,11-13,16,18,21,24H,1,9-10,14H2. The number of hydrogen-bond acceptors (Lipinski definition) is 5. The van der Waals surface area contributed by atoms with Crippen LogP contribution in [0, 0.1) is 5.92 Å². The third-order valence-corrected chi connectivity index (χ3v) is 6.16. The summed E-state index contributed by atoms with van der Waals surface area (Å²) < 4.78 is 6.60. The molecule has 0 amide bonds. The lowest BCUT2D eigenvalue weighted by atomic mass is 9.94. The number of ketones is 1. The first kappa shape index (κ1) is 19.8. The van der Waals surface area contributed by atoms with Gasteiger partial charge in [-0.15, -0.1) is 11.8 Å². The topological polar surface area (TPSA) is 46.5 Å². The minimum absolute atomic E-state index is 0.0678. The normalized spacial score (nSPS) is 22.3. The molecule has 0 aromatic heterocycles. The van der Waals surface area contributed by atoms with Gasteiger partial charge in [0.25, 0.3) is 0 Å². The molecule has 1 aromatic carbocycles. The molecule has 27 heavy (non-hydrogen) atoms. The van der Waals surface area contributed by atoms with Crippen LogP contribution in [0.5, 0.6) is 0 Å². The van der Waals surface area contributed by atoms with E-state index in [2.05, 4.69) is 36.9 Å². The lowest BCUT2D eigenvalue weighted by Gasteiger charge is -2.29. The third kappa shape index (κ3) is 5.28. The quantitative estimate of drug-likeness (QED) is 0.516. The number of fused-ring (bicyclic) bond motifs is 1. The van der Waals surface area contributed by atoms with E-state index >= 15 is 0 Å². The Morgan fingerprint density at radius 1 is 1.33 bits per heavy atom. The van der Waals surface area contributed by atoms with Gasteiger partial charge in [0.15, 0.2) is 5.78 Å². The van der Waals surface area contributed by atoms with Gasteiger partial charge in [0.1, 0.15) is 12.4 Å². The van der Waals surface area contributed by atoms with E-state index in [0.29, 0.717) is 6.42 Å². The molecule has 3 atom stereocenters. The summed E-state index contributed by atoms with van der Waals surface area (Å²) in [6.45, 7) is 3.59. The molecule has 0 spiro atoms. The van der Waals surface area contributed by atoms with Gasteiger partial charge in [0.2, 0.25) is 0 Å². The van der Waals surface area contributed by atoms with Gasteiger partial charge in [-0.3, -0.25) is 4.79 Å². The van der Waals surface area contributed by atoms with Gasteiger partial charge < -0.3 is 9.84 Å². The number of hydrogen-bond donors (Lipinski definition) is 1. The Kier molecular flexibility index (Phi) is 6.83. The number of carbonyl (C=O) groups excluding carboxylic acids is 1. The van der Waals surface area contributed by atoms with Crippen molar-refractivity contribution in [2.24, 2.45) is 5.92 Å². The number of ether oxygens (including phenoxy) is 1. The lowest BCUT2D eigenvalue weighted by Crippen LogP contribution is -2.23. The van der Waals surface area contributed by atoms with Gasteiger partial charge in [-0.1, -0.05) is 61.3 Å². The smallest absolute Gasteiger partial charge is 0.155 e. The van der Waals surface area contributed by atoms with Crippen LogP contribution in [0.1, 0.15) is 18.4 Å². The first-order chi connectivity index (χ1) is 13.1. The van der Waals surface area contributed by atoms with Crippen LogP contribution in [-0.4, -0.2) is 33.0 Å². The molecule has 0 bridgehead atoms. The summed E-state index contributed by atoms with van der Waals surface area (Å²) in [6, 6.07) is 10.2. The van der Waals surface area contributed by atoms with Crippen molar-refractivity contribution in [3.05, 3.63) is 78.6 Å². The highest BCUT2D eigenvalue weighted by atomic mass is 32.2. The highest BCUT2D eigenvalue weighted by molar-refractivity contribution is 8.25. The Morgan fingerprint density at radius 3 is 2.85 bits per heavy atom. The summed E-state index contributed by atoms with van der Waals surface area (Å²) in [5.41, 5.74) is 2.26. The highest BCUT2D eigenvalue weighted by Crippen LogP contribution is 2.40. The molecule has 0 saturated heterocycles. The largest absolute Gasteiger partial charge is 0.491 e. The molecule has 3 unspecified atom stereocenters. The summed E-state index contributed by atoms with van der Waals surface area (Å²) in [4.78, 5) is 11.2. The molecule has 140 valence electrons. The Labute approximate surface area is 169 Å². The molecule has 3 nitrogen and oxygen atoms in total. The van der Waals surface area contributed by atoms with Gasteiger partial charge in [0, 0.05) is 23.2 Å². The molecule has 0 fully saturated rings. The number of carbonyl (C=O) groups is 1. The van der Waals surface area contributed by atoms with Crippen molar-refractivity contribution in [2.75, 3.05) is 6.61 Å². The maximum absolute atomic E-state index is 11.2. The van der Waals surface area contributed by atoms with Crippen molar-refractivity contribution in [3.63, 3.8) is 0 Å². The Morgan fingerprint density at radius 2 is 2.11 bits per heavy atom. The van der Waals surface area contributed by atoms with E-state index in [9.17, 15) is 9.90 Å². The van der Waals surface area contributed by atoms with Crippen molar-refractivity contribution in [3.8, 4) is 0 Å². The maximum Gasteiger partial charge on any atom is 0.155 e. The minimum Gasteiger partial charge on any atom is -0.491 e. The van der Waals surface area contributed by atoms with Crippen LogP contribution < -0.4 is 0 Å². The minimum atomic E-state index is -0.675. The van der Waals surface area contributed by atoms with Crippen molar-refractivity contribution >= 4 is 39.5 Å². The highest BCUT2D eigenvalue weighted by Gasteiger charge is 2.29. The summed E-state index contributed by atoms with van der Waals surface area (Å²) in [5.74, 6) is 0.929. The van der Waals surface area contributed by atoms with Gasteiger partial charge >= 0.3 is 0 Å². The van der Waals surface area contributed by atoms with E-state index in [0.717, 1.165) is 21.1 Å². The van der Waals surface area contributed by atoms with E-state index in [4.69, 9.17) is 17.0 Å². The molecule has 3 rings (SSSR count). The summed E-state index contributed by atoms with van der Waals surface area (Å²) in [5, 5.41) is 10.2. The summed E-state index contributed by atoms with van der Waals surface area (Å²) >= 11 is 7.28. The number of aliphatic hydroxyl groups excluding tert-OH is 1. The van der Waals surface area contributed by atoms with Crippen molar-refractivity contribution in [1.29, 1.82) is 0 Å². The fourth-order valence-corrected chi connectivity index (χ4v) is 4.58. The molecule has 1 aliphatic heterocycles. The second-order valence-corrected chi connectivity index (χ2v) is 8.35. The number of benzene rings is 1. The molecule has 1 heterocycles. The van der Waals surface area contributed by atoms with Crippen LogP contribution in [0.15, 0.2) is 73.1 Å². The molecular weight excluding hydrogens is 376 g/mol. The molecule has 1 aromatic rings. The van der Waals surface area contributed by atoms with Gasteiger partial charge in [-0.05, 0) is 30.2 Å². The Hall–Kier alpha value is -1.95. The first-order valence-electron chi connectivity index (χ1n) is 8.91. The van der Waals surface area contributed by atoms with Gasteiger partial charge in [-0.2, -0.15) is 0 Å². The molecule has 2 aliphatic rings. The second-order valence-electron chi connectivity index (χ2n) is 6.50. The summed E-state index contributed by atoms with van der Waals surface area (Å²) in [7, 11) is 0. The van der Waals surface area contributed by atoms with E-state index in [1.165, 1.54) is 6.08 Å². The average Bonchev–Trinajstić information content (AvgIpc) is 2.70. The Bertz CT molecular complexity index is 808. The van der Waals surface area contributed by atoms with Crippen LogP contribution in [0.4, 0.5) is 0 Å². The molecule has 0 saturated carbocycles. The fraction of sp³-hybridized carbons (Fsp3) is 0.273. The second kappa shape index (κ2) is 9.31. The van der Waals surface area contributed by atoms with Crippen molar-refractivity contribution in [2.45, 2.75) is 24.2 Å². The monoisotopic (exact) mass is 398 g/mol. The Balaban J connectivity index is 1.59. The number of rotatable bonds is 8.